The van der Waals surface area contributed by atoms with E-state index < -0.39 is 0 Å². The zero-order valence-electron chi connectivity index (χ0n) is 45.6. The molecule has 0 radical (unpaired) electrons. The van der Waals surface area contributed by atoms with Gasteiger partial charge in [0.05, 0.1) is 52.6 Å². The molecule has 0 fully saturated rings. The Labute approximate surface area is 451 Å². The van der Waals surface area contributed by atoms with E-state index in [-0.39, 0.29) is 75.2 Å². The van der Waals surface area contributed by atoms with Crippen LogP contribution in [0.3, 0.4) is 0 Å². The Bertz CT molecular complexity index is 795. The Morgan fingerprint density at radius 3 is 0.515 bits per heavy atom. The molecule has 0 spiro atoms. The highest BCUT2D eigenvalue weighted by atomic mass is 79.9. The van der Waals surface area contributed by atoms with E-state index in [4.69, 9.17) is 0 Å². The van der Waals surface area contributed by atoms with Crippen LogP contribution in [0, 0.1) is 0 Å². The first-order chi connectivity index (χ1) is 31.5. The second kappa shape index (κ2) is 67.7. The van der Waals surface area contributed by atoms with E-state index in [1.165, 1.54) is 270 Å². The summed E-state index contributed by atoms with van der Waals surface area (Å²) in [6, 6.07) is 0. The van der Waals surface area contributed by atoms with Gasteiger partial charge in [0.25, 0.3) is 0 Å². The van der Waals surface area contributed by atoms with Gasteiger partial charge in [0.15, 0.2) is 0 Å². The summed E-state index contributed by atoms with van der Waals surface area (Å²) in [7, 11) is 0. The summed E-state index contributed by atoms with van der Waals surface area (Å²) in [6.45, 7) is 17.6. The van der Waals surface area contributed by atoms with Crippen LogP contribution in [-0.2, 0) is 0 Å². The number of hydrogen-bond acceptors (Lipinski definition) is 4. The molecule has 0 aromatic rings. The van der Waals surface area contributed by atoms with Crippen LogP contribution in [0.2, 0.25) is 0 Å². The molecule has 0 amide bonds. The van der Waals surface area contributed by atoms with Crippen molar-refractivity contribution in [3.63, 3.8) is 0 Å². The molecule has 0 rings (SSSR count). The first-order valence-electron chi connectivity index (χ1n) is 29.6. The number of rotatable bonds is 54. The molecule has 0 aromatic carbocycles. The number of aliphatic hydroxyl groups is 4. The predicted octanol–water partition coefficient (Wildman–Crippen LogP) is 11.3. The van der Waals surface area contributed by atoms with E-state index in [2.05, 4.69) is 27.7 Å². The molecular formula is C60H132Br2N2O4. The van der Waals surface area contributed by atoms with Crippen molar-refractivity contribution in [1.82, 2.24) is 0 Å². The van der Waals surface area contributed by atoms with Crippen LogP contribution < -0.4 is 34.0 Å². The SMILES string of the molecule is C.C.CCCCCCCCCCCCCCCC[N+](CC)(CCO)CCO.CCCCCCCCCCCCCCCC[N+](CCO)(CCO)CCCCCCCCCCCCCCCC.[Br-].[Br-]. The van der Waals surface area contributed by atoms with E-state index in [0.717, 1.165) is 61.3 Å². The highest BCUT2D eigenvalue weighted by Crippen LogP contribution is 2.19. The third kappa shape index (κ3) is 57.6. The van der Waals surface area contributed by atoms with Crippen molar-refractivity contribution in [2.45, 2.75) is 312 Å². The van der Waals surface area contributed by atoms with E-state index >= 15 is 0 Å². The first kappa shape index (κ1) is 80.1. The van der Waals surface area contributed by atoms with Gasteiger partial charge in [-0.3, -0.25) is 0 Å². The molecule has 68 heavy (non-hydrogen) atoms. The van der Waals surface area contributed by atoms with Crippen molar-refractivity contribution in [3.8, 4) is 0 Å². The average Bonchev–Trinajstić information content (AvgIpc) is 3.29. The molecule has 0 heterocycles. The lowest BCUT2D eigenvalue weighted by Crippen LogP contribution is -3.00. The average molecular weight is 1110 g/mol. The molecule has 4 N–H and O–H groups in total. The molecule has 8 heteroatoms. The molecule has 0 saturated heterocycles. The molecule has 0 aliphatic carbocycles. The summed E-state index contributed by atoms with van der Waals surface area (Å²) in [4.78, 5) is 0. The third-order valence-corrected chi connectivity index (χ3v) is 14.9. The summed E-state index contributed by atoms with van der Waals surface area (Å²) < 4.78 is 1.81. The largest absolute Gasteiger partial charge is 1.00 e. The summed E-state index contributed by atoms with van der Waals surface area (Å²) in [5.41, 5.74) is 0. The van der Waals surface area contributed by atoms with Crippen molar-refractivity contribution in [2.75, 3.05) is 78.8 Å². The van der Waals surface area contributed by atoms with Gasteiger partial charge in [0.1, 0.15) is 26.2 Å². The monoisotopic (exact) mass is 1100 g/mol. The predicted molar refractivity (Wildman–Crippen MR) is 298 cm³/mol. The number of unbranched alkanes of at least 4 members (excludes halogenated alkanes) is 39. The van der Waals surface area contributed by atoms with Gasteiger partial charge in [0, 0.05) is 0 Å². The van der Waals surface area contributed by atoms with Gasteiger partial charge >= 0.3 is 0 Å². The summed E-state index contributed by atoms with van der Waals surface area (Å²) in [6.07, 6.45) is 58.5. The zero-order valence-corrected chi connectivity index (χ0v) is 48.8. The molecule has 0 saturated carbocycles. The van der Waals surface area contributed by atoms with Gasteiger partial charge in [-0.15, -0.1) is 0 Å². The maximum Gasteiger partial charge on any atom is 0.102 e. The molecule has 420 valence electrons. The van der Waals surface area contributed by atoms with Crippen LogP contribution in [-0.4, -0.2) is 108 Å². The van der Waals surface area contributed by atoms with Gasteiger partial charge in [-0.05, 0) is 45.4 Å². The van der Waals surface area contributed by atoms with Crippen LogP contribution >= 0.6 is 0 Å². The van der Waals surface area contributed by atoms with Crippen molar-refractivity contribution < 1.29 is 63.4 Å². The maximum absolute atomic E-state index is 9.76. The van der Waals surface area contributed by atoms with Crippen LogP contribution in [0.25, 0.3) is 0 Å². The molecule has 0 aromatic heterocycles. The molecular weight excluding hydrogens is 972 g/mol. The number of halogens is 2. The minimum Gasteiger partial charge on any atom is -1.00 e. The molecule has 0 atom stereocenters. The van der Waals surface area contributed by atoms with Gasteiger partial charge < -0.3 is 63.4 Å². The quantitative estimate of drug-likeness (QED) is 0.0361. The minimum atomic E-state index is 0. The smallest absolute Gasteiger partial charge is 0.102 e. The van der Waals surface area contributed by atoms with Gasteiger partial charge in [-0.2, -0.15) is 0 Å². The van der Waals surface area contributed by atoms with Gasteiger partial charge in [0.2, 0.25) is 0 Å². The van der Waals surface area contributed by atoms with Crippen molar-refractivity contribution in [3.05, 3.63) is 0 Å². The summed E-state index contributed by atoms with van der Waals surface area (Å²) in [5.74, 6) is 0. The lowest BCUT2D eigenvalue weighted by molar-refractivity contribution is -0.929. The Balaban J connectivity index is -0.000000290. The molecule has 0 aliphatic heterocycles. The fourth-order valence-electron chi connectivity index (χ4n) is 10.3. The van der Waals surface area contributed by atoms with Crippen LogP contribution in [0.1, 0.15) is 312 Å². The number of nitrogens with zero attached hydrogens (tertiary/aromatic N) is 2. The number of hydrogen-bond donors (Lipinski definition) is 4. The van der Waals surface area contributed by atoms with Crippen molar-refractivity contribution in [1.29, 1.82) is 0 Å². The highest BCUT2D eigenvalue weighted by Gasteiger charge is 2.26. The second-order valence-electron chi connectivity index (χ2n) is 20.7. The summed E-state index contributed by atoms with van der Waals surface area (Å²) >= 11 is 0. The van der Waals surface area contributed by atoms with Crippen molar-refractivity contribution in [2.24, 2.45) is 0 Å². The second-order valence-corrected chi connectivity index (χ2v) is 20.7. The normalized spacial score (nSPS) is 11.3. The standard InChI is InChI=1S/C36H76NO2.C22H48NO2.2CH4.2BrH/c1-3-5-7-9-11-13-15-17-19-21-23-25-27-29-31-37(33-35-38,34-36-39)32-30-28-26-24-22-20-18-16-14-12-10-8-6-4-2;1-3-5-6-7-8-9-10-11-12-13-14-15-16-17-18-23(4-2,19-21-24)20-22-25;;;;/h38-39H,3-36H2,1-2H3;24-25H,3-22H2,1-2H3;2*1H4;2*1H/q2*+1;;;;/p-2. The van der Waals surface area contributed by atoms with Gasteiger partial charge in [-0.1, -0.05) is 267 Å². The zero-order chi connectivity index (χ0) is 47.2. The Morgan fingerprint density at radius 2 is 0.353 bits per heavy atom. The molecule has 0 aliphatic rings. The van der Waals surface area contributed by atoms with E-state index in [0.29, 0.717) is 0 Å². The Kier molecular flexibility index (Phi) is 79.8. The van der Waals surface area contributed by atoms with E-state index in [1.54, 1.807) is 0 Å². The van der Waals surface area contributed by atoms with E-state index in [9.17, 15) is 20.4 Å². The number of quaternary nitrogens is 2. The van der Waals surface area contributed by atoms with E-state index in [1.807, 2.05) is 0 Å². The number of likely N-dealkylation sites (N-methyl/N-ethyl adjacent to an activating group) is 1. The fourth-order valence-corrected chi connectivity index (χ4v) is 10.3. The third-order valence-electron chi connectivity index (χ3n) is 14.9. The molecule has 0 unspecified atom stereocenters. The fraction of sp³-hybridized carbons (Fsp3) is 1.00. The highest BCUT2D eigenvalue weighted by molar-refractivity contribution is 4.55. The van der Waals surface area contributed by atoms with Gasteiger partial charge in [-0.25, -0.2) is 0 Å². The minimum absolute atomic E-state index is 0. The lowest BCUT2D eigenvalue weighted by atomic mass is 10.0. The topological polar surface area (TPSA) is 80.9 Å². The number of aliphatic hydroxyl groups excluding tert-OH is 4. The first-order valence-corrected chi connectivity index (χ1v) is 29.6. The molecule has 6 nitrogen and oxygen atoms in total. The molecule has 0 bridgehead atoms. The lowest BCUT2D eigenvalue weighted by Gasteiger charge is -2.38. The maximum atomic E-state index is 9.76. The van der Waals surface area contributed by atoms with Crippen LogP contribution in [0.5, 0.6) is 0 Å². The Hall–Kier alpha value is 0.720. The van der Waals surface area contributed by atoms with Crippen molar-refractivity contribution >= 4 is 0 Å². The summed E-state index contributed by atoms with van der Waals surface area (Å²) in [5, 5.41) is 38.1. The van der Waals surface area contributed by atoms with Crippen LogP contribution in [0.15, 0.2) is 0 Å². The van der Waals surface area contributed by atoms with Crippen LogP contribution in [0.4, 0.5) is 0 Å². The Morgan fingerprint density at radius 1 is 0.206 bits per heavy atom.